The molecule has 7 nitrogen and oxygen atoms in total. The van der Waals surface area contributed by atoms with Crippen LogP contribution in [0.1, 0.15) is 54.1 Å². The van der Waals surface area contributed by atoms with Crippen LogP contribution in [-0.4, -0.2) is 57.6 Å². The van der Waals surface area contributed by atoms with E-state index in [1.165, 1.54) is 12.5 Å². The molecule has 7 heteroatoms. The molecule has 164 valence electrons. The molecule has 2 aromatic rings. The fraction of sp³-hybridized carbons (Fsp3) is 0.458. The molecule has 2 fully saturated rings. The number of amides is 2. The van der Waals surface area contributed by atoms with Gasteiger partial charge in [-0.15, -0.1) is 0 Å². The highest BCUT2D eigenvalue weighted by Gasteiger charge is 2.25. The average molecular weight is 422 g/mol. The highest BCUT2D eigenvalue weighted by Crippen LogP contribution is 2.27. The minimum absolute atomic E-state index is 0.0370. The SMILES string of the molecule is C=CC(=O)N1CCC[C@@H](n2cc(CN)c(-c3ccc(C(=O)N4CCCCC4)cc3)n2)C1. The third-order valence-corrected chi connectivity index (χ3v) is 6.33. The van der Waals surface area contributed by atoms with Crippen molar-refractivity contribution in [1.29, 1.82) is 0 Å². The number of hydrogen-bond acceptors (Lipinski definition) is 4. The summed E-state index contributed by atoms with van der Waals surface area (Å²) in [5, 5.41) is 4.84. The van der Waals surface area contributed by atoms with Crippen molar-refractivity contribution < 1.29 is 9.59 Å². The highest BCUT2D eigenvalue weighted by molar-refractivity contribution is 5.94. The molecule has 3 heterocycles. The normalized spacial score (nSPS) is 19.3. The lowest BCUT2D eigenvalue weighted by Crippen LogP contribution is -2.40. The molecular weight excluding hydrogens is 390 g/mol. The Bertz CT molecular complexity index is 943. The Morgan fingerprint density at radius 1 is 1.06 bits per heavy atom. The van der Waals surface area contributed by atoms with Crippen LogP contribution >= 0.6 is 0 Å². The average Bonchev–Trinajstić information content (AvgIpc) is 3.28. The van der Waals surface area contributed by atoms with Gasteiger partial charge in [-0.05, 0) is 50.3 Å². The lowest BCUT2D eigenvalue weighted by molar-refractivity contribution is -0.127. The topological polar surface area (TPSA) is 84.5 Å². The minimum Gasteiger partial charge on any atom is -0.339 e. The molecule has 2 saturated heterocycles. The van der Waals surface area contributed by atoms with Crippen LogP contribution in [0, 0.1) is 0 Å². The van der Waals surface area contributed by atoms with E-state index in [2.05, 4.69) is 6.58 Å². The molecule has 0 spiro atoms. The number of benzene rings is 1. The summed E-state index contributed by atoms with van der Waals surface area (Å²) >= 11 is 0. The van der Waals surface area contributed by atoms with Crippen molar-refractivity contribution in [3.63, 3.8) is 0 Å². The molecule has 0 bridgehead atoms. The Kier molecular flexibility index (Phi) is 6.51. The zero-order valence-corrected chi connectivity index (χ0v) is 18.0. The monoisotopic (exact) mass is 421 g/mol. The van der Waals surface area contributed by atoms with Crippen LogP contribution in [0.25, 0.3) is 11.3 Å². The van der Waals surface area contributed by atoms with Gasteiger partial charge in [0.15, 0.2) is 0 Å². The van der Waals surface area contributed by atoms with Crippen LogP contribution in [-0.2, 0) is 11.3 Å². The summed E-state index contributed by atoms with van der Waals surface area (Å²) in [6.45, 7) is 7.04. The number of carbonyl (C=O) groups is 2. The van der Waals surface area contributed by atoms with E-state index in [0.29, 0.717) is 18.7 Å². The number of aromatic nitrogens is 2. The van der Waals surface area contributed by atoms with Crippen molar-refractivity contribution >= 4 is 11.8 Å². The second-order valence-corrected chi connectivity index (χ2v) is 8.40. The maximum atomic E-state index is 12.7. The molecular formula is C24H31N5O2. The van der Waals surface area contributed by atoms with Gasteiger partial charge in [0, 0.05) is 55.6 Å². The van der Waals surface area contributed by atoms with E-state index in [0.717, 1.165) is 62.1 Å². The second-order valence-electron chi connectivity index (χ2n) is 8.40. The number of hydrogen-bond donors (Lipinski definition) is 1. The third-order valence-electron chi connectivity index (χ3n) is 6.33. The van der Waals surface area contributed by atoms with Gasteiger partial charge in [0.25, 0.3) is 5.91 Å². The number of rotatable bonds is 5. The summed E-state index contributed by atoms with van der Waals surface area (Å²) in [4.78, 5) is 28.5. The highest BCUT2D eigenvalue weighted by atomic mass is 16.2. The molecule has 0 unspecified atom stereocenters. The van der Waals surface area contributed by atoms with Crippen molar-refractivity contribution in [3.05, 3.63) is 54.2 Å². The molecule has 31 heavy (non-hydrogen) atoms. The van der Waals surface area contributed by atoms with Crippen molar-refractivity contribution in [3.8, 4) is 11.3 Å². The van der Waals surface area contributed by atoms with Crippen LogP contribution in [0.4, 0.5) is 0 Å². The van der Waals surface area contributed by atoms with Crippen LogP contribution in [0.3, 0.4) is 0 Å². The van der Waals surface area contributed by atoms with E-state index in [1.54, 1.807) is 0 Å². The van der Waals surface area contributed by atoms with Crippen molar-refractivity contribution in [2.75, 3.05) is 26.2 Å². The number of nitrogens with zero attached hydrogens (tertiary/aromatic N) is 4. The van der Waals surface area contributed by atoms with E-state index in [9.17, 15) is 9.59 Å². The second kappa shape index (κ2) is 9.47. The van der Waals surface area contributed by atoms with Gasteiger partial charge < -0.3 is 15.5 Å². The quantitative estimate of drug-likeness (QED) is 0.752. The summed E-state index contributed by atoms with van der Waals surface area (Å²) in [6, 6.07) is 7.80. The first-order chi connectivity index (χ1) is 15.1. The Labute approximate surface area is 183 Å². The van der Waals surface area contributed by atoms with Gasteiger partial charge in [-0.1, -0.05) is 18.7 Å². The molecule has 2 aliphatic heterocycles. The maximum absolute atomic E-state index is 12.7. The van der Waals surface area contributed by atoms with Gasteiger partial charge in [0.05, 0.1) is 11.7 Å². The van der Waals surface area contributed by atoms with Gasteiger partial charge in [-0.2, -0.15) is 5.10 Å². The first-order valence-corrected chi connectivity index (χ1v) is 11.2. The zero-order valence-electron chi connectivity index (χ0n) is 18.0. The molecule has 4 rings (SSSR count). The Hall–Kier alpha value is -2.93. The minimum atomic E-state index is -0.0370. The number of nitrogens with two attached hydrogens (primary N) is 1. The Morgan fingerprint density at radius 3 is 2.45 bits per heavy atom. The van der Waals surface area contributed by atoms with E-state index >= 15 is 0 Å². The molecule has 0 radical (unpaired) electrons. The molecule has 2 N–H and O–H groups in total. The largest absolute Gasteiger partial charge is 0.339 e. The third kappa shape index (κ3) is 4.56. The standard InChI is InChI=1S/C24H31N5O2/c1-2-22(30)28-14-6-7-21(17-28)29-16-20(15-25)23(26-29)18-8-10-19(11-9-18)24(31)27-12-4-3-5-13-27/h2,8-11,16,21H,1,3-7,12-15,17,25H2/t21-/m1/s1. The Morgan fingerprint density at radius 2 is 1.77 bits per heavy atom. The fourth-order valence-electron chi connectivity index (χ4n) is 4.56. The van der Waals surface area contributed by atoms with Crippen molar-refractivity contribution in [1.82, 2.24) is 19.6 Å². The summed E-state index contributed by atoms with van der Waals surface area (Å²) in [5.74, 6) is 0.0649. The number of likely N-dealkylation sites (tertiary alicyclic amines) is 2. The van der Waals surface area contributed by atoms with Crippen LogP contribution in [0.5, 0.6) is 0 Å². The van der Waals surface area contributed by atoms with Gasteiger partial charge >= 0.3 is 0 Å². The molecule has 2 aliphatic rings. The smallest absolute Gasteiger partial charge is 0.253 e. The van der Waals surface area contributed by atoms with Gasteiger partial charge in [0.2, 0.25) is 5.91 Å². The summed E-state index contributed by atoms with van der Waals surface area (Å²) in [6.07, 6.45) is 8.63. The lowest BCUT2D eigenvalue weighted by atomic mass is 10.0. The molecule has 0 saturated carbocycles. The van der Waals surface area contributed by atoms with Gasteiger partial charge in [0.1, 0.15) is 0 Å². The molecule has 0 aliphatic carbocycles. The predicted octanol–water partition coefficient (Wildman–Crippen LogP) is 2.98. The van der Waals surface area contributed by atoms with Gasteiger partial charge in [-0.25, -0.2) is 0 Å². The van der Waals surface area contributed by atoms with Crippen molar-refractivity contribution in [2.24, 2.45) is 5.73 Å². The van der Waals surface area contributed by atoms with E-state index < -0.39 is 0 Å². The molecule has 1 atom stereocenters. The van der Waals surface area contributed by atoms with E-state index in [4.69, 9.17) is 10.8 Å². The zero-order chi connectivity index (χ0) is 21.8. The van der Waals surface area contributed by atoms with Crippen LogP contribution in [0.2, 0.25) is 0 Å². The van der Waals surface area contributed by atoms with Crippen molar-refractivity contribution in [2.45, 2.75) is 44.7 Å². The van der Waals surface area contributed by atoms with Crippen LogP contribution < -0.4 is 5.73 Å². The number of carbonyl (C=O) groups excluding carboxylic acids is 2. The first-order valence-electron chi connectivity index (χ1n) is 11.2. The summed E-state index contributed by atoms with van der Waals surface area (Å²) in [5.41, 5.74) is 9.47. The molecule has 2 amide bonds. The maximum Gasteiger partial charge on any atom is 0.253 e. The van der Waals surface area contributed by atoms with E-state index in [-0.39, 0.29) is 17.9 Å². The van der Waals surface area contributed by atoms with E-state index in [1.807, 2.05) is 44.9 Å². The predicted molar refractivity (Wildman–Crippen MR) is 120 cm³/mol. The lowest BCUT2D eigenvalue weighted by Gasteiger charge is -2.32. The molecule has 1 aromatic carbocycles. The number of piperidine rings is 2. The molecule has 1 aromatic heterocycles. The fourth-order valence-corrected chi connectivity index (χ4v) is 4.56. The summed E-state index contributed by atoms with van der Waals surface area (Å²) in [7, 11) is 0. The van der Waals surface area contributed by atoms with Gasteiger partial charge in [-0.3, -0.25) is 14.3 Å². The Balaban J connectivity index is 1.53. The van der Waals surface area contributed by atoms with Crippen LogP contribution in [0.15, 0.2) is 43.1 Å². The first kappa shape index (κ1) is 21.3. The summed E-state index contributed by atoms with van der Waals surface area (Å²) < 4.78 is 1.95.